The van der Waals surface area contributed by atoms with Gasteiger partial charge in [0.2, 0.25) is 0 Å². The smallest absolute Gasteiger partial charge is 0.259 e. The van der Waals surface area contributed by atoms with E-state index in [1.807, 2.05) is 21.6 Å². The van der Waals surface area contributed by atoms with E-state index in [9.17, 15) is 0 Å². The maximum Gasteiger partial charge on any atom is 0.259 e. The van der Waals surface area contributed by atoms with Crippen LogP contribution in [0.3, 0.4) is 0 Å². The zero-order chi connectivity index (χ0) is 19.1. The molecule has 3 atom stereocenters. The Bertz CT molecular complexity index is 406. The Morgan fingerprint density at radius 3 is 1.80 bits per heavy atom. The third-order valence-corrected chi connectivity index (χ3v) is 10.1. The molecule has 1 aliphatic heterocycles. The van der Waals surface area contributed by atoms with Crippen LogP contribution in [0.25, 0.3) is 0 Å². The van der Waals surface area contributed by atoms with Crippen LogP contribution in [0.1, 0.15) is 61.8 Å². The van der Waals surface area contributed by atoms with Gasteiger partial charge in [0.25, 0.3) is 8.53 Å². The topological polar surface area (TPSA) is 45.5 Å². The fourth-order valence-electron chi connectivity index (χ4n) is 2.92. The fourth-order valence-corrected chi connectivity index (χ4v) is 9.09. The highest BCUT2D eigenvalue weighted by Gasteiger charge is 2.44. The second kappa shape index (κ2) is 11.4. The molecule has 1 heterocycles. The van der Waals surface area contributed by atoms with Gasteiger partial charge in [0.05, 0.1) is 25.2 Å². The Hall–Kier alpha value is 0.500. The molecule has 1 rings (SSSR count). The van der Waals surface area contributed by atoms with Gasteiger partial charge >= 0.3 is 0 Å². The molecule has 0 radical (unpaired) electrons. The first-order valence-corrected chi connectivity index (χ1v) is 12.7. The van der Waals surface area contributed by atoms with Crippen LogP contribution in [0.5, 0.6) is 0 Å². The van der Waals surface area contributed by atoms with Crippen LogP contribution >= 0.6 is 30.1 Å². The largest absolute Gasteiger partial charge is 0.321 e. The van der Waals surface area contributed by atoms with E-state index in [0.29, 0.717) is 47.4 Å². The summed E-state index contributed by atoms with van der Waals surface area (Å²) in [6.07, 6.45) is 0.588. The van der Waals surface area contributed by atoms with Crippen molar-refractivity contribution in [2.45, 2.75) is 90.5 Å². The Labute approximate surface area is 164 Å². The first kappa shape index (κ1) is 23.5. The summed E-state index contributed by atoms with van der Waals surface area (Å²) in [4.78, 5) is 0. The van der Waals surface area contributed by atoms with Gasteiger partial charge < -0.3 is 9.05 Å². The van der Waals surface area contributed by atoms with E-state index in [0.717, 1.165) is 0 Å². The van der Waals surface area contributed by atoms with E-state index in [4.69, 9.17) is 14.3 Å². The monoisotopic (exact) mass is 406 g/mol. The third kappa shape index (κ3) is 6.87. The van der Waals surface area contributed by atoms with E-state index in [-0.39, 0.29) is 6.10 Å². The summed E-state index contributed by atoms with van der Waals surface area (Å²) >= 11 is 0. The molecule has 0 bridgehead atoms. The lowest BCUT2D eigenvalue weighted by Crippen LogP contribution is -2.40. The molecule has 7 heteroatoms. The number of nitriles is 1. The number of rotatable bonds is 10. The van der Waals surface area contributed by atoms with E-state index in [1.54, 1.807) is 0 Å². The second-order valence-electron chi connectivity index (χ2n) is 7.73. The quantitative estimate of drug-likeness (QED) is 0.248. The minimum absolute atomic E-state index is 0.184. The molecule has 1 unspecified atom stereocenters. The summed E-state index contributed by atoms with van der Waals surface area (Å²) in [6.45, 7) is 18.3. The average Bonchev–Trinajstić information content (AvgIpc) is 2.90. The van der Waals surface area contributed by atoms with E-state index < -0.39 is 8.53 Å². The third-order valence-electron chi connectivity index (χ3n) is 4.11. The molecule has 0 amide bonds. The molecule has 0 aromatic carbocycles. The van der Waals surface area contributed by atoms with Crippen molar-refractivity contribution in [2.24, 2.45) is 11.8 Å². The predicted octanol–water partition coefficient (Wildman–Crippen LogP) is 6.09. The molecule has 1 fully saturated rings. The van der Waals surface area contributed by atoms with Crippen molar-refractivity contribution in [1.82, 2.24) is 4.67 Å². The van der Waals surface area contributed by atoms with Crippen LogP contribution in [-0.4, -0.2) is 40.0 Å². The standard InChI is InChI=1S/C18H35N2O2PS2/c1-12(2)17-16(18(13(3)4)25-24-17)22-23(21-11-9-10-19)20(14(5)6)15(7)8/h12-18H,9,11H2,1-8H3/t17-,18-,23?/m1/s1. The van der Waals surface area contributed by atoms with Crippen LogP contribution in [0.2, 0.25) is 0 Å². The van der Waals surface area contributed by atoms with E-state index in [2.05, 4.69) is 66.1 Å². The molecular formula is C18H35N2O2PS2. The molecule has 146 valence electrons. The van der Waals surface area contributed by atoms with Gasteiger partial charge in [0.1, 0.15) is 0 Å². The molecule has 1 aliphatic rings. The number of hydrogen-bond acceptors (Lipinski definition) is 6. The van der Waals surface area contributed by atoms with Crippen LogP contribution in [0, 0.1) is 23.2 Å². The highest BCUT2D eigenvalue weighted by molar-refractivity contribution is 8.77. The molecule has 0 N–H and O–H groups in total. The van der Waals surface area contributed by atoms with E-state index in [1.165, 1.54) is 0 Å². The molecule has 0 spiro atoms. The maximum absolute atomic E-state index is 8.87. The minimum atomic E-state index is -1.17. The van der Waals surface area contributed by atoms with Crippen LogP contribution in [0.15, 0.2) is 0 Å². The van der Waals surface area contributed by atoms with Gasteiger partial charge in [-0.25, -0.2) is 4.67 Å². The van der Waals surface area contributed by atoms with Gasteiger partial charge in [-0.05, 0) is 39.5 Å². The lowest BCUT2D eigenvalue weighted by Gasteiger charge is -2.39. The molecule has 0 aromatic heterocycles. The van der Waals surface area contributed by atoms with Gasteiger partial charge in [-0.3, -0.25) is 0 Å². The van der Waals surface area contributed by atoms with Gasteiger partial charge in [-0.15, -0.1) is 0 Å². The van der Waals surface area contributed by atoms with Crippen molar-refractivity contribution in [3.8, 4) is 6.07 Å². The molecule has 25 heavy (non-hydrogen) atoms. The fraction of sp³-hybridized carbons (Fsp3) is 0.944. The van der Waals surface area contributed by atoms with Crippen molar-refractivity contribution in [1.29, 1.82) is 5.26 Å². The molecule has 0 saturated carbocycles. The Morgan fingerprint density at radius 2 is 1.44 bits per heavy atom. The Kier molecular flexibility index (Phi) is 10.7. The Morgan fingerprint density at radius 1 is 0.960 bits per heavy atom. The highest BCUT2D eigenvalue weighted by Crippen LogP contribution is 2.56. The van der Waals surface area contributed by atoms with Crippen LogP contribution in [-0.2, 0) is 9.05 Å². The summed E-state index contributed by atoms with van der Waals surface area (Å²) in [5, 5.41) is 9.82. The molecule has 0 aliphatic carbocycles. The van der Waals surface area contributed by atoms with Crippen LogP contribution < -0.4 is 0 Å². The average molecular weight is 407 g/mol. The van der Waals surface area contributed by atoms with Crippen molar-refractivity contribution in [3.63, 3.8) is 0 Å². The van der Waals surface area contributed by atoms with Crippen molar-refractivity contribution in [3.05, 3.63) is 0 Å². The summed E-state index contributed by atoms with van der Waals surface area (Å²) < 4.78 is 15.1. The highest BCUT2D eigenvalue weighted by atomic mass is 33.1. The van der Waals surface area contributed by atoms with Crippen molar-refractivity contribution >= 4 is 30.1 Å². The van der Waals surface area contributed by atoms with E-state index >= 15 is 0 Å². The molecule has 4 nitrogen and oxygen atoms in total. The zero-order valence-electron chi connectivity index (χ0n) is 16.9. The zero-order valence-corrected chi connectivity index (χ0v) is 19.5. The molecule has 1 saturated heterocycles. The summed E-state index contributed by atoms with van der Waals surface area (Å²) in [5.41, 5.74) is 0. The SMILES string of the molecule is CC(C)[C@H]1SS[C@H](C(C)C)C1OP(OCCC#N)N(C(C)C)C(C)C. The van der Waals surface area contributed by atoms with Gasteiger partial charge in [0, 0.05) is 22.6 Å². The summed E-state index contributed by atoms with van der Waals surface area (Å²) in [6, 6.07) is 2.85. The minimum Gasteiger partial charge on any atom is -0.321 e. The van der Waals surface area contributed by atoms with Crippen LogP contribution in [0.4, 0.5) is 0 Å². The number of hydrogen-bond donors (Lipinski definition) is 0. The summed E-state index contributed by atoms with van der Waals surface area (Å²) in [5.74, 6) is 1.13. The lowest BCUT2D eigenvalue weighted by atomic mass is 9.97. The molecular weight excluding hydrogens is 371 g/mol. The second-order valence-corrected chi connectivity index (χ2v) is 11.8. The van der Waals surface area contributed by atoms with Gasteiger partial charge in [0.15, 0.2) is 0 Å². The van der Waals surface area contributed by atoms with Crippen molar-refractivity contribution < 1.29 is 9.05 Å². The molecule has 0 aromatic rings. The maximum atomic E-state index is 8.87. The lowest BCUT2D eigenvalue weighted by molar-refractivity contribution is 0.115. The summed E-state index contributed by atoms with van der Waals surface area (Å²) in [7, 11) is 2.77. The number of nitrogens with zero attached hydrogens (tertiary/aromatic N) is 2. The van der Waals surface area contributed by atoms with Gasteiger partial charge in [-0.2, -0.15) is 5.26 Å². The predicted molar refractivity (Wildman–Crippen MR) is 113 cm³/mol. The van der Waals surface area contributed by atoms with Crippen molar-refractivity contribution in [2.75, 3.05) is 6.61 Å². The van der Waals surface area contributed by atoms with Gasteiger partial charge in [-0.1, -0.05) is 49.3 Å². The first-order valence-electron chi connectivity index (χ1n) is 9.27. The normalized spacial score (nSPS) is 25.5. The Balaban J connectivity index is 3.00. The first-order chi connectivity index (χ1) is 11.7.